The van der Waals surface area contributed by atoms with Gasteiger partial charge in [-0.1, -0.05) is 18.2 Å². The Labute approximate surface area is 164 Å². The van der Waals surface area contributed by atoms with E-state index in [4.69, 9.17) is 0 Å². The van der Waals surface area contributed by atoms with Gasteiger partial charge < -0.3 is 15.2 Å². The van der Waals surface area contributed by atoms with E-state index in [1.807, 2.05) is 0 Å². The van der Waals surface area contributed by atoms with Gasteiger partial charge in [-0.3, -0.25) is 4.57 Å². The molecule has 0 saturated carbocycles. The van der Waals surface area contributed by atoms with Gasteiger partial charge in [0.2, 0.25) is 5.95 Å². The number of likely N-dealkylation sites (tertiary alicyclic amines) is 1. The molecule has 0 aliphatic carbocycles. The van der Waals surface area contributed by atoms with E-state index >= 15 is 0 Å². The quantitative estimate of drug-likeness (QED) is 0.681. The summed E-state index contributed by atoms with van der Waals surface area (Å²) in [6, 6.07) is 5.22. The normalized spacial score (nSPS) is 17.9. The number of fused-ring (bicyclic) bond motifs is 1. The number of nitrogens with zero attached hydrogens (tertiary/aromatic N) is 4. The van der Waals surface area contributed by atoms with Crippen LogP contribution < -0.4 is 11.0 Å². The molecule has 29 heavy (non-hydrogen) atoms. The van der Waals surface area contributed by atoms with E-state index in [1.54, 1.807) is 0 Å². The van der Waals surface area contributed by atoms with Crippen molar-refractivity contribution in [2.45, 2.75) is 19.1 Å². The van der Waals surface area contributed by atoms with Crippen LogP contribution in [-0.2, 0) is 12.7 Å². The number of nitrogens with one attached hydrogen (secondary N) is 2. The van der Waals surface area contributed by atoms with Crippen LogP contribution in [0.4, 0.5) is 19.1 Å². The number of anilines is 1. The van der Waals surface area contributed by atoms with Crippen molar-refractivity contribution in [3.8, 4) is 0 Å². The summed E-state index contributed by atoms with van der Waals surface area (Å²) < 4.78 is 41.1. The highest BCUT2D eigenvalue weighted by Gasteiger charge is 2.33. The average molecular weight is 406 g/mol. The molecule has 1 atom stereocenters. The molecule has 1 unspecified atom stereocenters. The maximum absolute atomic E-state index is 13.3. The third-order valence-corrected chi connectivity index (χ3v) is 5.20. The van der Waals surface area contributed by atoms with Crippen LogP contribution in [-0.4, -0.2) is 51.1 Å². The van der Waals surface area contributed by atoms with Gasteiger partial charge >= 0.3 is 11.9 Å². The topological polar surface area (TPSA) is 78.8 Å². The van der Waals surface area contributed by atoms with Crippen LogP contribution in [0, 0.1) is 5.92 Å². The minimum absolute atomic E-state index is 0.00474. The molecule has 2 aromatic heterocycles. The van der Waals surface area contributed by atoms with E-state index in [0.717, 1.165) is 25.6 Å². The highest BCUT2D eigenvalue weighted by Crippen LogP contribution is 2.32. The van der Waals surface area contributed by atoms with Crippen LogP contribution in [0.5, 0.6) is 0 Å². The van der Waals surface area contributed by atoms with Crippen molar-refractivity contribution < 1.29 is 13.2 Å². The Morgan fingerprint density at radius 2 is 2.10 bits per heavy atom. The van der Waals surface area contributed by atoms with E-state index in [9.17, 15) is 18.0 Å². The van der Waals surface area contributed by atoms with Crippen molar-refractivity contribution in [2.24, 2.45) is 5.92 Å². The molecule has 2 N–H and O–H groups in total. The lowest BCUT2D eigenvalue weighted by atomic mass is 10.1. The Balaban J connectivity index is 1.62. The number of benzene rings is 1. The molecular formula is C19H21F3N6O. The zero-order valence-electron chi connectivity index (χ0n) is 15.8. The van der Waals surface area contributed by atoms with Gasteiger partial charge in [0.1, 0.15) is 5.52 Å². The summed E-state index contributed by atoms with van der Waals surface area (Å²) in [6.45, 7) is 2.49. The zero-order chi connectivity index (χ0) is 20.6. The number of imidazole rings is 1. The lowest BCUT2D eigenvalue weighted by Crippen LogP contribution is -2.21. The second kappa shape index (κ2) is 7.51. The van der Waals surface area contributed by atoms with Crippen molar-refractivity contribution >= 4 is 17.1 Å². The Kier molecular flexibility index (Phi) is 5.03. The van der Waals surface area contributed by atoms with E-state index in [-0.39, 0.29) is 17.8 Å². The first-order valence-electron chi connectivity index (χ1n) is 9.34. The highest BCUT2D eigenvalue weighted by molar-refractivity contribution is 5.71. The van der Waals surface area contributed by atoms with Gasteiger partial charge in [-0.15, -0.1) is 0 Å². The SMILES string of the molecule is CN1CCC(CNc2ncc3[nH]c(=O)n(Cc4ccccc4C(F)(F)F)c3n2)C1. The monoisotopic (exact) mass is 406 g/mol. The molecular weight excluding hydrogens is 385 g/mol. The molecule has 0 spiro atoms. The van der Waals surface area contributed by atoms with E-state index < -0.39 is 17.4 Å². The molecule has 1 aliphatic heterocycles. The van der Waals surface area contributed by atoms with E-state index in [2.05, 4.69) is 32.2 Å². The van der Waals surface area contributed by atoms with Gasteiger partial charge in [0, 0.05) is 13.1 Å². The maximum atomic E-state index is 13.3. The number of halogens is 3. The molecule has 3 aromatic rings. The third-order valence-electron chi connectivity index (χ3n) is 5.20. The van der Waals surface area contributed by atoms with Gasteiger partial charge in [0.25, 0.3) is 0 Å². The van der Waals surface area contributed by atoms with Crippen LogP contribution in [0.2, 0.25) is 0 Å². The van der Waals surface area contributed by atoms with Crippen LogP contribution >= 0.6 is 0 Å². The number of hydrogen-bond acceptors (Lipinski definition) is 5. The van der Waals surface area contributed by atoms with Crippen molar-refractivity contribution in [1.29, 1.82) is 0 Å². The minimum atomic E-state index is -4.50. The molecule has 0 bridgehead atoms. The van der Waals surface area contributed by atoms with E-state index in [0.29, 0.717) is 23.9 Å². The van der Waals surface area contributed by atoms with Crippen LogP contribution in [0.3, 0.4) is 0 Å². The largest absolute Gasteiger partial charge is 0.416 e. The number of aromatic nitrogens is 4. The molecule has 10 heteroatoms. The number of aromatic amines is 1. The van der Waals surface area contributed by atoms with Gasteiger partial charge in [-0.2, -0.15) is 18.2 Å². The molecule has 154 valence electrons. The molecule has 1 saturated heterocycles. The lowest BCUT2D eigenvalue weighted by Gasteiger charge is -2.13. The fourth-order valence-electron chi connectivity index (χ4n) is 3.71. The standard InChI is InChI=1S/C19H21F3N6O/c1-27-7-6-12(10-27)8-23-17-24-9-15-16(26-17)28(18(29)25-15)11-13-4-2-3-5-14(13)19(20,21)22/h2-5,9,12H,6-8,10-11H2,1H3,(H,25,29)(H,23,24,26). The first-order valence-corrected chi connectivity index (χ1v) is 9.34. The molecule has 1 aromatic carbocycles. The summed E-state index contributed by atoms with van der Waals surface area (Å²) in [5, 5.41) is 3.18. The predicted octanol–water partition coefficient (Wildman–Crippen LogP) is 2.55. The van der Waals surface area contributed by atoms with Crippen molar-refractivity contribution in [3.63, 3.8) is 0 Å². The smallest absolute Gasteiger partial charge is 0.354 e. The molecule has 1 fully saturated rings. The Morgan fingerprint density at radius 3 is 2.83 bits per heavy atom. The Bertz CT molecular complexity index is 1070. The zero-order valence-corrected chi connectivity index (χ0v) is 15.8. The predicted molar refractivity (Wildman–Crippen MR) is 103 cm³/mol. The summed E-state index contributed by atoms with van der Waals surface area (Å²) in [6.07, 6.45) is -1.95. The fraction of sp³-hybridized carbons (Fsp3) is 0.421. The first-order chi connectivity index (χ1) is 13.8. The van der Waals surface area contributed by atoms with Gasteiger partial charge in [-0.05, 0) is 37.6 Å². The molecule has 1 aliphatic rings. The summed E-state index contributed by atoms with van der Waals surface area (Å²) in [5.41, 5.74) is -0.636. The summed E-state index contributed by atoms with van der Waals surface area (Å²) in [5.74, 6) is 0.829. The summed E-state index contributed by atoms with van der Waals surface area (Å²) in [4.78, 5) is 25.8. The fourth-order valence-corrected chi connectivity index (χ4v) is 3.71. The molecule has 0 amide bonds. The lowest BCUT2D eigenvalue weighted by molar-refractivity contribution is -0.138. The minimum Gasteiger partial charge on any atom is -0.354 e. The number of alkyl halides is 3. The van der Waals surface area contributed by atoms with Gasteiger partial charge in [0.15, 0.2) is 5.65 Å². The second-order valence-corrected chi connectivity index (χ2v) is 7.40. The molecule has 0 radical (unpaired) electrons. The molecule has 3 heterocycles. The van der Waals surface area contributed by atoms with Crippen molar-refractivity contribution in [3.05, 3.63) is 52.1 Å². The van der Waals surface area contributed by atoms with Crippen LogP contribution in [0.1, 0.15) is 17.5 Å². The van der Waals surface area contributed by atoms with Crippen molar-refractivity contribution in [2.75, 3.05) is 32.0 Å². The number of rotatable bonds is 5. The average Bonchev–Trinajstić information content (AvgIpc) is 3.22. The maximum Gasteiger partial charge on any atom is 0.416 e. The number of H-pyrrole nitrogens is 1. The molecule has 4 rings (SSSR count). The van der Waals surface area contributed by atoms with Crippen molar-refractivity contribution in [1.82, 2.24) is 24.4 Å². The Morgan fingerprint density at radius 1 is 1.31 bits per heavy atom. The molecule has 7 nitrogen and oxygen atoms in total. The van der Waals surface area contributed by atoms with Gasteiger partial charge in [-0.25, -0.2) is 9.78 Å². The first kappa shape index (κ1) is 19.4. The van der Waals surface area contributed by atoms with Crippen LogP contribution in [0.25, 0.3) is 11.2 Å². The van der Waals surface area contributed by atoms with E-state index in [1.165, 1.54) is 29.0 Å². The van der Waals surface area contributed by atoms with Crippen LogP contribution in [0.15, 0.2) is 35.3 Å². The summed E-state index contributed by atoms with van der Waals surface area (Å²) >= 11 is 0. The highest BCUT2D eigenvalue weighted by atomic mass is 19.4. The number of hydrogen-bond donors (Lipinski definition) is 2. The summed E-state index contributed by atoms with van der Waals surface area (Å²) in [7, 11) is 2.07. The Hall–Kier alpha value is -2.88. The third kappa shape index (κ3) is 4.12. The second-order valence-electron chi connectivity index (χ2n) is 7.40. The van der Waals surface area contributed by atoms with Gasteiger partial charge in [0.05, 0.1) is 18.3 Å².